The number of hydrogen-bond acceptors (Lipinski definition) is 0. The Balaban J connectivity index is 0.00000676. The third kappa shape index (κ3) is 8.76. The normalized spacial score (nSPS) is 20.1. The Hall–Kier alpha value is -2.46. The van der Waals surface area contributed by atoms with Gasteiger partial charge in [0.15, 0.2) is 0 Å². The van der Waals surface area contributed by atoms with Gasteiger partial charge in [-0.1, -0.05) is 126 Å². The molecule has 280 valence electrons. The first kappa shape index (κ1) is 42.0. The fourth-order valence-corrected chi connectivity index (χ4v) is 7.81. The zero-order valence-corrected chi connectivity index (χ0v) is 27.3. The molecule has 0 aliphatic heterocycles. The molecular weight excluding hydrogens is 814 g/mol. The third-order valence-corrected chi connectivity index (χ3v) is 12.0. The molecule has 0 saturated carbocycles. The van der Waals surface area contributed by atoms with E-state index in [1.807, 2.05) is 0 Å². The summed E-state index contributed by atoms with van der Waals surface area (Å²) in [5.74, 6) is 0. The smallest absolute Gasteiger partial charge is 0.195 e. The van der Waals surface area contributed by atoms with Gasteiger partial charge in [0.2, 0.25) is 0 Å². The summed E-state index contributed by atoms with van der Waals surface area (Å²) in [7, 11) is -42.1. The average Bonchev–Trinajstić information content (AvgIpc) is 2.85. The van der Waals surface area contributed by atoms with Gasteiger partial charge < -0.3 is 0 Å². The van der Waals surface area contributed by atoms with Crippen LogP contribution in [0.4, 0.5) is 77.7 Å². The van der Waals surface area contributed by atoms with Crippen molar-refractivity contribution >= 4 is 68.9 Å². The summed E-state index contributed by atoms with van der Waals surface area (Å²) in [6, 6.07) is -1.40. The van der Waals surface area contributed by atoms with Crippen molar-refractivity contribution in [2.45, 2.75) is 19.6 Å². The topological polar surface area (TPSA) is 0 Å². The second-order valence-electron chi connectivity index (χ2n) is 11.0. The van der Waals surface area contributed by atoms with E-state index in [-0.39, 0.29) is 116 Å². The van der Waals surface area contributed by atoms with Gasteiger partial charge in [-0.2, -0.15) is 21.9 Å². The van der Waals surface area contributed by atoms with E-state index in [9.17, 15) is 77.7 Å². The first-order chi connectivity index (χ1) is 20.8. The van der Waals surface area contributed by atoms with Crippen LogP contribution in [0.2, 0.25) is 0 Å². The molecule has 26 heteroatoms. The van der Waals surface area contributed by atoms with Crippen LogP contribution in [-0.2, 0) is 0 Å². The quantitative estimate of drug-likeness (QED) is 0.123. The average molecular weight is 830 g/mol. The molecule has 0 fully saturated rings. The molecule has 0 spiro atoms. The molecule has 0 radical (unpaired) electrons. The fourth-order valence-electron chi connectivity index (χ4n) is 5.21. The first-order valence-corrected chi connectivity index (χ1v) is 20.1. The van der Waals surface area contributed by atoms with Gasteiger partial charge in [-0.25, -0.2) is 0 Å². The first-order valence-electron chi connectivity index (χ1n) is 12.3. The summed E-state index contributed by atoms with van der Waals surface area (Å²) >= 11 is 0. The largest absolute Gasteiger partial charge is 1.00 e. The van der Waals surface area contributed by atoms with Crippen molar-refractivity contribution in [3.8, 4) is 0 Å². The van der Waals surface area contributed by atoms with Gasteiger partial charge in [-0.05, 0) is 48.5 Å². The Morgan fingerprint density at radius 2 is 0.360 bits per heavy atom. The SMILES string of the molecule is FS(F)(F)(F)(F)c1ccc([B-](c2ccc(S(F)(F)(F)(F)F)cc2)(c2ccc(S(F)(F)(F)(F)F)cc2)c2ccc(S(F)(F)(F)(F)F)cc2)cc1.[Li+]. The number of benzene rings is 4. The fraction of sp³-hybridized carbons (Fsp3) is 0. The number of halogens is 20. The summed E-state index contributed by atoms with van der Waals surface area (Å²) in [5, 5.41) is 0. The summed E-state index contributed by atoms with van der Waals surface area (Å²) < 4.78 is 270. The van der Waals surface area contributed by atoms with E-state index in [2.05, 4.69) is 0 Å². The van der Waals surface area contributed by atoms with Crippen LogP contribution in [0.3, 0.4) is 0 Å². The van der Waals surface area contributed by atoms with Crippen molar-refractivity contribution in [3.63, 3.8) is 0 Å². The van der Waals surface area contributed by atoms with Gasteiger partial charge in [0.1, 0.15) is 25.7 Å². The van der Waals surface area contributed by atoms with Gasteiger partial charge in [-0.15, -0.1) is 0 Å². The second kappa shape index (κ2) is 9.00. The van der Waals surface area contributed by atoms with Crippen molar-refractivity contribution in [3.05, 3.63) is 97.1 Å². The maximum Gasteiger partial charge on any atom is 1.00 e. The van der Waals surface area contributed by atoms with Gasteiger partial charge >= 0.3 is 59.8 Å². The van der Waals surface area contributed by atoms with E-state index < -0.39 is 88.5 Å². The minimum atomic E-state index is -10.5. The van der Waals surface area contributed by atoms with Crippen molar-refractivity contribution in [1.82, 2.24) is 0 Å². The van der Waals surface area contributed by atoms with Crippen molar-refractivity contribution < 1.29 is 96.6 Å². The van der Waals surface area contributed by atoms with Crippen LogP contribution < -0.4 is 40.7 Å². The van der Waals surface area contributed by atoms with Gasteiger partial charge in [0.05, 0.1) is 0 Å². The molecule has 0 N–H and O–H groups in total. The van der Waals surface area contributed by atoms with E-state index in [4.69, 9.17) is 0 Å². The third-order valence-electron chi connectivity index (χ3n) is 7.30. The zero-order valence-electron chi connectivity index (χ0n) is 24.0. The molecule has 4 aromatic rings. The molecule has 0 aliphatic rings. The van der Waals surface area contributed by atoms with E-state index in [0.29, 0.717) is 0 Å². The number of rotatable bonds is 8. The Morgan fingerprint density at radius 3 is 0.460 bits per heavy atom. The molecule has 0 nitrogen and oxygen atoms in total. The Bertz CT molecular complexity index is 1680. The predicted molar refractivity (Wildman–Crippen MR) is 156 cm³/mol. The number of hydrogen-bond donors (Lipinski definition) is 0. The molecule has 50 heavy (non-hydrogen) atoms. The van der Waals surface area contributed by atoms with Crippen LogP contribution in [0.25, 0.3) is 0 Å². The Morgan fingerprint density at radius 1 is 0.240 bits per heavy atom. The van der Waals surface area contributed by atoms with E-state index >= 15 is 0 Å². The Labute approximate surface area is 281 Å². The minimum absolute atomic E-state index is 0. The molecule has 0 aromatic heterocycles. The maximum absolute atomic E-state index is 13.5. The maximum atomic E-state index is 13.5. The van der Waals surface area contributed by atoms with Gasteiger partial charge in [0, 0.05) is 0 Å². The molecule has 0 heterocycles. The van der Waals surface area contributed by atoms with Gasteiger partial charge in [-0.3, -0.25) is 0 Å². The summed E-state index contributed by atoms with van der Waals surface area (Å²) in [5.41, 5.74) is -3.48. The zero-order chi connectivity index (χ0) is 38.1. The van der Waals surface area contributed by atoms with Crippen LogP contribution >= 0.6 is 40.9 Å². The van der Waals surface area contributed by atoms with Crippen LogP contribution in [-0.4, -0.2) is 6.15 Å². The standard InChI is InChI=1S/C24H16BF20S4.Li/c26-46(27,28,29,30)21-9-1-17(2-10-21)25(18-3-11-22(12-4-18)47(31,32,33,34)35,19-5-13-23(14-6-19)48(36,37,38,39)40)20-7-15-24(16-8-20)49(41,42,43,44)45;/h1-16H;/q-1;+1. The molecule has 0 saturated heterocycles. The van der Waals surface area contributed by atoms with Crippen molar-refractivity contribution in [2.75, 3.05) is 0 Å². The predicted octanol–water partition coefficient (Wildman–Crippen LogP) is 10.7. The van der Waals surface area contributed by atoms with E-state index in [0.717, 1.165) is 0 Å². The van der Waals surface area contributed by atoms with E-state index in [1.54, 1.807) is 0 Å². The monoisotopic (exact) mass is 830 g/mol. The summed E-state index contributed by atoms with van der Waals surface area (Å²) in [4.78, 5) is -10.5. The Kier molecular flexibility index (Phi) is 7.56. The molecule has 4 aromatic carbocycles. The molecule has 0 atom stereocenters. The van der Waals surface area contributed by atoms with E-state index in [1.165, 1.54) is 0 Å². The van der Waals surface area contributed by atoms with Crippen LogP contribution in [0.1, 0.15) is 0 Å². The van der Waals surface area contributed by atoms with Crippen LogP contribution in [0.5, 0.6) is 0 Å². The van der Waals surface area contributed by atoms with Crippen LogP contribution in [0.15, 0.2) is 117 Å². The second-order valence-corrected chi connectivity index (χ2v) is 20.7. The van der Waals surface area contributed by atoms with Crippen molar-refractivity contribution in [1.29, 1.82) is 0 Å². The molecular formula is C24H16BF20LiS4. The molecule has 0 unspecified atom stereocenters. The molecule has 0 amide bonds. The minimum Gasteiger partial charge on any atom is -0.195 e. The molecule has 0 bridgehead atoms. The van der Waals surface area contributed by atoms with Gasteiger partial charge in [0.25, 0.3) is 0 Å². The summed E-state index contributed by atoms with van der Waals surface area (Å²) in [6.07, 6.45) is -3.98. The molecule has 4 rings (SSSR count). The van der Waals surface area contributed by atoms with Crippen molar-refractivity contribution in [2.24, 2.45) is 0 Å². The molecule has 0 aliphatic carbocycles. The summed E-state index contributed by atoms with van der Waals surface area (Å²) in [6.45, 7) is 0. The van der Waals surface area contributed by atoms with Crippen LogP contribution in [0, 0.1) is 0 Å².